The molecule has 2 aromatic heterocycles. The van der Waals surface area contributed by atoms with Crippen molar-refractivity contribution in [2.45, 2.75) is 52.1 Å². The average molecular weight is 585 g/mol. The highest BCUT2D eigenvalue weighted by molar-refractivity contribution is 5.93. The van der Waals surface area contributed by atoms with Crippen LogP contribution in [0.15, 0.2) is 29.4 Å². The lowest BCUT2D eigenvalue weighted by Crippen LogP contribution is -2.39. The molecule has 3 N–H and O–H groups in total. The number of aromatic nitrogens is 3. The minimum absolute atomic E-state index is 0.0721. The van der Waals surface area contributed by atoms with Gasteiger partial charge in [-0.25, -0.2) is 4.98 Å². The van der Waals surface area contributed by atoms with Gasteiger partial charge in [0.05, 0.1) is 16.8 Å². The second-order valence-electron chi connectivity index (χ2n) is 10.1. The Labute approximate surface area is 232 Å². The number of nitrogens with zero attached hydrogens (tertiary/aromatic N) is 6. The van der Waals surface area contributed by atoms with Gasteiger partial charge in [0.1, 0.15) is 5.82 Å². The van der Waals surface area contributed by atoms with Gasteiger partial charge in [-0.3, -0.25) is 14.4 Å². The van der Waals surface area contributed by atoms with Crippen molar-refractivity contribution >= 4 is 28.7 Å². The number of carbonyl (C=O) groups excluding carboxylic acids is 1. The van der Waals surface area contributed by atoms with Gasteiger partial charge in [0.15, 0.2) is 5.65 Å². The molecule has 0 aliphatic heterocycles. The number of alkyl halides is 6. The minimum atomic E-state index is -5.00. The van der Waals surface area contributed by atoms with Crippen LogP contribution in [0.2, 0.25) is 0 Å². The van der Waals surface area contributed by atoms with Crippen molar-refractivity contribution < 1.29 is 31.1 Å². The molecule has 1 aromatic carbocycles. The zero-order chi connectivity index (χ0) is 30.3. The molecular weight excluding hydrogens is 554 g/mol. The number of hydrazone groups is 1. The highest BCUT2D eigenvalue weighted by Gasteiger charge is 2.37. The first-order valence-electron chi connectivity index (χ1n) is 12.7. The van der Waals surface area contributed by atoms with Crippen molar-refractivity contribution in [3.05, 3.63) is 52.2 Å². The first-order valence-corrected chi connectivity index (χ1v) is 12.7. The van der Waals surface area contributed by atoms with Gasteiger partial charge in [0.2, 0.25) is 11.9 Å². The number of hydrogen-bond acceptors (Lipinski definition) is 5. The summed E-state index contributed by atoms with van der Waals surface area (Å²) in [6.45, 7) is 3.02. The van der Waals surface area contributed by atoms with E-state index in [1.54, 1.807) is 24.7 Å². The summed E-state index contributed by atoms with van der Waals surface area (Å²) in [5.74, 6) is 0.154. The molecule has 1 aliphatic rings. The number of carbonyl (C=O) groups is 1. The molecule has 41 heavy (non-hydrogen) atoms. The summed E-state index contributed by atoms with van der Waals surface area (Å²) < 4.78 is 82.7. The van der Waals surface area contributed by atoms with Gasteiger partial charge >= 0.3 is 12.4 Å². The zero-order valence-corrected chi connectivity index (χ0v) is 22.9. The van der Waals surface area contributed by atoms with E-state index in [0.717, 1.165) is 12.8 Å². The first-order chi connectivity index (χ1) is 19.1. The minimum Gasteiger partial charge on any atom is -0.368 e. The maximum absolute atomic E-state index is 13.5. The smallest absolute Gasteiger partial charge is 0.368 e. The molecule has 0 bridgehead atoms. The average Bonchev–Trinajstić information content (AvgIpc) is 3.65. The number of halogens is 6. The van der Waals surface area contributed by atoms with Crippen LogP contribution in [0, 0.1) is 12.8 Å². The van der Waals surface area contributed by atoms with Crippen molar-refractivity contribution in [2.75, 3.05) is 18.5 Å². The third-order valence-electron chi connectivity index (χ3n) is 6.76. The van der Waals surface area contributed by atoms with E-state index in [0.29, 0.717) is 52.7 Å². The molecule has 1 aliphatic carbocycles. The van der Waals surface area contributed by atoms with Gasteiger partial charge in [0.25, 0.3) is 0 Å². The van der Waals surface area contributed by atoms with Gasteiger partial charge in [-0.2, -0.15) is 31.4 Å². The van der Waals surface area contributed by atoms with Crippen LogP contribution in [0.25, 0.3) is 11.0 Å². The largest absolute Gasteiger partial charge is 0.416 e. The van der Waals surface area contributed by atoms with Gasteiger partial charge in [-0.15, -0.1) is 5.10 Å². The van der Waals surface area contributed by atoms with Gasteiger partial charge in [-0.05, 0) is 55.5 Å². The monoisotopic (exact) mass is 584 g/mol. The summed E-state index contributed by atoms with van der Waals surface area (Å²) in [5.41, 5.74) is 7.12. The Bertz CT molecular complexity index is 1440. The Kier molecular flexibility index (Phi) is 8.09. The van der Waals surface area contributed by atoms with E-state index in [2.05, 4.69) is 15.6 Å². The molecule has 15 heteroatoms. The van der Waals surface area contributed by atoms with E-state index in [1.165, 1.54) is 23.8 Å². The van der Waals surface area contributed by atoms with Crippen LogP contribution in [0.1, 0.15) is 47.7 Å². The van der Waals surface area contributed by atoms with Crippen LogP contribution in [0.3, 0.4) is 0 Å². The number of nitrogens with two attached hydrogens (primary N) is 1. The second-order valence-corrected chi connectivity index (χ2v) is 10.1. The summed E-state index contributed by atoms with van der Waals surface area (Å²) in [6, 6.07) is 3.13. The van der Waals surface area contributed by atoms with E-state index in [4.69, 9.17) is 10.7 Å². The van der Waals surface area contributed by atoms with Crippen molar-refractivity contribution in [3.63, 3.8) is 0 Å². The van der Waals surface area contributed by atoms with Crippen LogP contribution >= 0.6 is 0 Å². The molecule has 9 nitrogen and oxygen atoms in total. The number of benzene rings is 1. The molecule has 0 unspecified atom stereocenters. The maximum Gasteiger partial charge on any atom is 0.416 e. The predicted molar refractivity (Wildman–Crippen MR) is 140 cm³/mol. The Balaban J connectivity index is 1.83. The molecule has 0 atom stereocenters. The van der Waals surface area contributed by atoms with Crippen LogP contribution in [-0.2, 0) is 37.3 Å². The van der Waals surface area contributed by atoms with Gasteiger partial charge < -0.3 is 16.1 Å². The first kappa shape index (κ1) is 29.9. The Hall–Kier alpha value is -4.04. The van der Waals surface area contributed by atoms with Crippen LogP contribution in [0.5, 0.6) is 0 Å². The summed E-state index contributed by atoms with van der Waals surface area (Å²) in [6.07, 6.45) is -8.10. The number of nitrogens with one attached hydrogen (secondary N) is 1. The van der Waals surface area contributed by atoms with E-state index in [-0.39, 0.29) is 30.0 Å². The molecule has 1 saturated carbocycles. The van der Waals surface area contributed by atoms with Crippen LogP contribution in [0.4, 0.5) is 32.2 Å². The van der Waals surface area contributed by atoms with E-state index >= 15 is 0 Å². The van der Waals surface area contributed by atoms with E-state index < -0.39 is 30.0 Å². The van der Waals surface area contributed by atoms with Crippen molar-refractivity contribution in [1.29, 1.82) is 0 Å². The fourth-order valence-electron chi connectivity index (χ4n) is 4.59. The van der Waals surface area contributed by atoms with Crippen molar-refractivity contribution in [2.24, 2.45) is 23.8 Å². The van der Waals surface area contributed by atoms with Crippen molar-refractivity contribution in [1.82, 2.24) is 25.1 Å². The number of rotatable bonds is 8. The number of aryl methyl sites for hydroxylation is 2. The zero-order valence-electron chi connectivity index (χ0n) is 22.9. The molecule has 1 amide bonds. The van der Waals surface area contributed by atoms with E-state index in [9.17, 15) is 31.1 Å². The molecule has 1 fully saturated rings. The van der Waals surface area contributed by atoms with E-state index in [1.807, 2.05) is 0 Å². The standard InChI is InChI=1S/C26H30F6N8O/c1-14-21-9-18(22(35-23(21)38(4)37-14)40(15(2)41)12-16-5-6-16)13-39(24(33)36-34-3)11-17-7-19(25(27,28)29)10-20(8-17)26(30,31)32/h7-10,16,34H,5-6,11-13H2,1-4H3,(H2,33,36). The second kappa shape index (κ2) is 11.1. The lowest BCUT2D eigenvalue weighted by Gasteiger charge is -2.28. The summed E-state index contributed by atoms with van der Waals surface area (Å²) in [5, 5.41) is 8.98. The van der Waals surface area contributed by atoms with Crippen LogP contribution in [-0.4, -0.2) is 45.1 Å². The number of guanidine groups is 1. The molecule has 222 valence electrons. The summed E-state index contributed by atoms with van der Waals surface area (Å²) in [4.78, 5) is 20.3. The Morgan fingerprint density at radius 3 is 2.22 bits per heavy atom. The number of hydrogen-bond donors (Lipinski definition) is 2. The highest BCUT2D eigenvalue weighted by atomic mass is 19.4. The number of pyridine rings is 1. The normalized spacial score (nSPS) is 14.4. The Morgan fingerprint density at radius 2 is 1.71 bits per heavy atom. The summed E-state index contributed by atoms with van der Waals surface area (Å²) >= 11 is 0. The lowest BCUT2D eigenvalue weighted by atomic mass is 10.0. The number of fused-ring (bicyclic) bond motifs is 1. The molecule has 2 heterocycles. The SMILES string of the molecule is CN/N=C(\N)N(Cc1cc(C(F)(F)F)cc(C(F)(F)F)c1)Cc1cc2c(C)nn(C)c2nc1N(CC1CC1)C(C)=O. The molecular formula is C26H30F6N8O. The topological polar surface area (TPSA) is 105 Å². The molecule has 3 aromatic rings. The Morgan fingerprint density at radius 1 is 1.10 bits per heavy atom. The highest BCUT2D eigenvalue weighted by Crippen LogP contribution is 2.37. The molecule has 0 saturated heterocycles. The fraction of sp³-hybridized carbons (Fsp3) is 0.462. The predicted octanol–water partition coefficient (Wildman–Crippen LogP) is 4.53. The number of anilines is 1. The lowest BCUT2D eigenvalue weighted by molar-refractivity contribution is -0.143. The third-order valence-corrected chi connectivity index (χ3v) is 6.76. The van der Waals surface area contributed by atoms with Gasteiger partial charge in [-0.1, -0.05) is 0 Å². The van der Waals surface area contributed by atoms with Crippen LogP contribution < -0.4 is 16.1 Å². The number of amides is 1. The third kappa shape index (κ3) is 6.82. The molecule has 4 rings (SSSR count). The molecule has 0 radical (unpaired) electrons. The van der Waals surface area contributed by atoms with Crippen molar-refractivity contribution in [3.8, 4) is 0 Å². The van der Waals surface area contributed by atoms with Gasteiger partial charge in [0, 0.05) is 51.6 Å². The molecule has 0 spiro atoms. The quantitative estimate of drug-likeness (QED) is 0.175. The fourth-order valence-corrected chi connectivity index (χ4v) is 4.59. The summed E-state index contributed by atoms with van der Waals surface area (Å²) in [7, 11) is 3.16. The maximum atomic E-state index is 13.5.